The number of hydrogen-bond donors (Lipinski definition) is 1. The Morgan fingerprint density at radius 3 is 2.47 bits per heavy atom. The predicted octanol–water partition coefficient (Wildman–Crippen LogP) is 5.12. The van der Waals surface area contributed by atoms with Crippen LogP contribution >= 0.6 is 11.8 Å². The molecule has 4 nitrogen and oxygen atoms in total. The zero-order chi connectivity index (χ0) is 22.8. The average molecular weight is 456 g/mol. The number of hydrogen-bond acceptors (Lipinski definition) is 3. The summed E-state index contributed by atoms with van der Waals surface area (Å²) in [6.07, 6.45) is 0. The second-order valence-electron chi connectivity index (χ2n) is 7.40. The molecule has 1 fully saturated rings. The van der Waals surface area contributed by atoms with Gasteiger partial charge in [-0.25, -0.2) is 13.2 Å². The van der Waals surface area contributed by atoms with Crippen molar-refractivity contribution in [2.45, 2.75) is 18.8 Å². The molecule has 0 aromatic heterocycles. The Balaban J connectivity index is 1.53. The number of nitrogens with zero attached hydrogens (tertiary/aromatic N) is 1. The molecule has 164 valence electrons. The Labute approximate surface area is 187 Å². The highest BCUT2D eigenvalue weighted by molar-refractivity contribution is 8.00. The lowest BCUT2D eigenvalue weighted by molar-refractivity contribution is -0.115. The van der Waals surface area contributed by atoms with Crippen molar-refractivity contribution in [3.63, 3.8) is 0 Å². The van der Waals surface area contributed by atoms with Gasteiger partial charge in [-0.2, -0.15) is 0 Å². The first-order valence-corrected chi connectivity index (χ1v) is 10.9. The molecule has 1 saturated heterocycles. The van der Waals surface area contributed by atoms with Gasteiger partial charge in [-0.3, -0.25) is 14.5 Å². The lowest BCUT2D eigenvalue weighted by Gasteiger charge is -2.26. The van der Waals surface area contributed by atoms with Crippen LogP contribution in [-0.2, 0) is 11.3 Å². The summed E-state index contributed by atoms with van der Waals surface area (Å²) in [5.74, 6) is -1.76. The molecule has 1 N–H and O–H groups in total. The normalized spacial score (nSPS) is 15.8. The van der Waals surface area contributed by atoms with Crippen LogP contribution in [0.25, 0.3) is 0 Å². The monoisotopic (exact) mass is 456 g/mol. The van der Waals surface area contributed by atoms with E-state index >= 15 is 0 Å². The number of anilines is 1. The lowest BCUT2D eigenvalue weighted by Crippen LogP contribution is -2.29. The summed E-state index contributed by atoms with van der Waals surface area (Å²) in [7, 11) is 0. The van der Waals surface area contributed by atoms with Crippen LogP contribution in [0.1, 0.15) is 32.4 Å². The molecule has 0 aliphatic carbocycles. The van der Waals surface area contributed by atoms with Gasteiger partial charge in [0.1, 0.15) is 22.8 Å². The third-order valence-electron chi connectivity index (χ3n) is 5.19. The second-order valence-corrected chi connectivity index (χ2v) is 8.47. The molecule has 8 heteroatoms. The molecule has 0 spiro atoms. The molecule has 1 atom stereocenters. The molecule has 3 aromatic rings. The molecule has 1 aliphatic heterocycles. The van der Waals surface area contributed by atoms with Crippen LogP contribution < -0.4 is 10.2 Å². The summed E-state index contributed by atoms with van der Waals surface area (Å²) in [6, 6.07) is 14.0. The standard InChI is InChI=1S/C24H19F3N2O2S/c1-14-10-16(23(31)28-12-17-11-19(26)7-8-20(17)27)4-9-21(14)29-22(30)13-32-24(29)15-2-5-18(25)6-3-15/h2-11,24H,12-13H2,1H3,(H,28,31). The third kappa shape index (κ3) is 4.50. The van der Waals surface area contributed by atoms with E-state index in [4.69, 9.17) is 0 Å². The number of halogens is 3. The zero-order valence-corrected chi connectivity index (χ0v) is 17.9. The topological polar surface area (TPSA) is 49.4 Å². The summed E-state index contributed by atoms with van der Waals surface area (Å²) in [6.45, 7) is 1.63. The molecule has 2 amide bonds. The maximum atomic E-state index is 13.8. The Hall–Kier alpha value is -3.26. The van der Waals surface area contributed by atoms with E-state index in [0.717, 1.165) is 23.8 Å². The highest BCUT2D eigenvalue weighted by Gasteiger charge is 2.34. The lowest BCUT2D eigenvalue weighted by atomic mass is 10.1. The third-order valence-corrected chi connectivity index (χ3v) is 6.40. The van der Waals surface area contributed by atoms with Crippen LogP contribution in [0.5, 0.6) is 0 Å². The van der Waals surface area contributed by atoms with E-state index in [1.165, 1.54) is 23.9 Å². The van der Waals surface area contributed by atoms with Crippen LogP contribution in [0.2, 0.25) is 0 Å². The van der Waals surface area contributed by atoms with Gasteiger partial charge in [0.15, 0.2) is 0 Å². The number of amides is 2. The number of aryl methyl sites for hydroxylation is 1. The van der Waals surface area contributed by atoms with Crippen molar-refractivity contribution in [2.24, 2.45) is 0 Å². The van der Waals surface area contributed by atoms with Crippen LogP contribution in [0.3, 0.4) is 0 Å². The largest absolute Gasteiger partial charge is 0.348 e. The summed E-state index contributed by atoms with van der Waals surface area (Å²) in [5, 5.41) is 2.29. The Morgan fingerprint density at radius 1 is 1.03 bits per heavy atom. The summed E-state index contributed by atoms with van der Waals surface area (Å²) in [5.41, 5.74) is 2.55. The average Bonchev–Trinajstić information content (AvgIpc) is 3.15. The van der Waals surface area contributed by atoms with Crippen LogP contribution in [0.15, 0.2) is 60.7 Å². The van der Waals surface area contributed by atoms with Gasteiger partial charge in [0, 0.05) is 23.4 Å². The van der Waals surface area contributed by atoms with Gasteiger partial charge in [0.25, 0.3) is 5.91 Å². The van der Waals surface area contributed by atoms with E-state index in [9.17, 15) is 22.8 Å². The van der Waals surface area contributed by atoms with E-state index in [0.29, 0.717) is 22.6 Å². The first-order valence-electron chi connectivity index (χ1n) is 9.85. The fraction of sp³-hybridized carbons (Fsp3) is 0.167. The van der Waals surface area contributed by atoms with E-state index in [1.54, 1.807) is 42.2 Å². The molecule has 0 radical (unpaired) electrons. The number of nitrogens with one attached hydrogen (secondary N) is 1. The Kier molecular flexibility index (Phi) is 6.23. The molecule has 4 rings (SSSR count). The number of rotatable bonds is 5. The van der Waals surface area contributed by atoms with Gasteiger partial charge in [-0.15, -0.1) is 11.8 Å². The molecule has 3 aromatic carbocycles. The maximum absolute atomic E-state index is 13.8. The van der Waals surface area contributed by atoms with Gasteiger partial charge in [0.05, 0.1) is 5.75 Å². The summed E-state index contributed by atoms with van der Waals surface area (Å²) >= 11 is 1.45. The fourth-order valence-electron chi connectivity index (χ4n) is 3.58. The van der Waals surface area contributed by atoms with E-state index in [1.807, 2.05) is 0 Å². The molecule has 1 aliphatic rings. The highest BCUT2D eigenvalue weighted by atomic mass is 32.2. The first kappa shape index (κ1) is 22.0. The minimum atomic E-state index is -0.602. The van der Waals surface area contributed by atoms with Gasteiger partial charge in [-0.05, 0) is 66.6 Å². The summed E-state index contributed by atoms with van der Waals surface area (Å²) < 4.78 is 40.4. The Bertz CT molecular complexity index is 1180. The minimum Gasteiger partial charge on any atom is -0.348 e. The molecule has 1 heterocycles. The SMILES string of the molecule is Cc1cc(C(=O)NCc2cc(F)ccc2F)ccc1N1C(=O)CSC1c1ccc(F)cc1. The quantitative estimate of drug-likeness (QED) is 0.580. The van der Waals surface area contributed by atoms with Crippen molar-refractivity contribution < 1.29 is 22.8 Å². The van der Waals surface area contributed by atoms with Crippen LogP contribution in [0, 0.1) is 24.4 Å². The number of thioether (sulfide) groups is 1. The summed E-state index contributed by atoms with van der Waals surface area (Å²) in [4.78, 5) is 26.8. The van der Waals surface area contributed by atoms with Crippen LogP contribution in [0.4, 0.5) is 18.9 Å². The molecule has 1 unspecified atom stereocenters. The molecule has 0 bridgehead atoms. The maximum Gasteiger partial charge on any atom is 0.251 e. The molecular formula is C24H19F3N2O2S. The second kappa shape index (κ2) is 9.08. The van der Waals surface area contributed by atoms with E-state index < -0.39 is 17.5 Å². The van der Waals surface area contributed by atoms with Crippen molar-refractivity contribution in [1.29, 1.82) is 0 Å². The number of benzene rings is 3. The van der Waals surface area contributed by atoms with Gasteiger partial charge in [-0.1, -0.05) is 12.1 Å². The van der Waals surface area contributed by atoms with E-state index in [2.05, 4.69) is 5.32 Å². The first-order chi connectivity index (χ1) is 15.3. The van der Waals surface area contributed by atoms with Gasteiger partial charge < -0.3 is 5.32 Å². The highest BCUT2D eigenvalue weighted by Crippen LogP contribution is 2.42. The van der Waals surface area contributed by atoms with Gasteiger partial charge in [0.2, 0.25) is 5.91 Å². The smallest absolute Gasteiger partial charge is 0.251 e. The van der Waals surface area contributed by atoms with Crippen molar-refractivity contribution >= 4 is 29.3 Å². The molecule has 0 saturated carbocycles. The molecular weight excluding hydrogens is 437 g/mol. The van der Waals surface area contributed by atoms with Crippen LogP contribution in [-0.4, -0.2) is 17.6 Å². The van der Waals surface area contributed by atoms with E-state index in [-0.39, 0.29) is 29.2 Å². The Morgan fingerprint density at radius 2 is 1.75 bits per heavy atom. The van der Waals surface area contributed by atoms with Crippen molar-refractivity contribution in [3.8, 4) is 0 Å². The van der Waals surface area contributed by atoms with Crippen molar-refractivity contribution in [1.82, 2.24) is 5.32 Å². The predicted molar refractivity (Wildman–Crippen MR) is 118 cm³/mol. The van der Waals surface area contributed by atoms with Crippen molar-refractivity contribution in [2.75, 3.05) is 10.7 Å². The van der Waals surface area contributed by atoms with Gasteiger partial charge >= 0.3 is 0 Å². The zero-order valence-electron chi connectivity index (χ0n) is 17.1. The number of carbonyl (C=O) groups excluding carboxylic acids is 2. The van der Waals surface area contributed by atoms with Crippen molar-refractivity contribution in [3.05, 3.63) is 100 Å². The fourth-order valence-corrected chi connectivity index (χ4v) is 4.75. The minimum absolute atomic E-state index is 0.0496. The number of carbonyl (C=O) groups is 2. The molecule has 32 heavy (non-hydrogen) atoms.